The molecule has 2 heterocycles. The lowest BCUT2D eigenvalue weighted by Crippen LogP contribution is -2.45. The summed E-state index contributed by atoms with van der Waals surface area (Å²) < 4.78 is 1.76. The highest BCUT2D eigenvalue weighted by Gasteiger charge is 2.14. The van der Waals surface area contributed by atoms with Gasteiger partial charge in [0.25, 0.3) is 0 Å². The molecule has 5 heteroatoms. The molecule has 0 aromatic carbocycles. The number of carbonyl (C=O) groups is 1. The Kier molecular flexibility index (Phi) is 4.14. The number of nitrogens with one attached hydrogen (secondary N) is 2. The molecule has 1 aliphatic rings. The van der Waals surface area contributed by atoms with Gasteiger partial charge in [0.1, 0.15) is 0 Å². The summed E-state index contributed by atoms with van der Waals surface area (Å²) in [6.45, 7) is 1.97. The first-order valence-electron chi connectivity index (χ1n) is 6.21. The van der Waals surface area contributed by atoms with Crippen LogP contribution in [0.5, 0.6) is 0 Å². The SMILES string of the molecule is Cn1cc(CCC(=O)N[C@H]2CCCNC2)cn1. The smallest absolute Gasteiger partial charge is 0.220 e. The van der Waals surface area contributed by atoms with Crippen molar-refractivity contribution in [3.05, 3.63) is 18.0 Å². The molecular weight excluding hydrogens is 216 g/mol. The number of aromatic nitrogens is 2. The standard InChI is InChI=1S/C12H20N4O/c1-16-9-10(7-14-16)4-5-12(17)15-11-3-2-6-13-8-11/h7,9,11,13H,2-6,8H2,1H3,(H,15,17)/t11-/m0/s1. The highest BCUT2D eigenvalue weighted by Crippen LogP contribution is 2.04. The summed E-state index contributed by atoms with van der Waals surface area (Å²) in [6, 6.07) is 0.310. The molecule has 17 heavy (non-hydrogen) atoms. The first-order valence-corrected chi connectivity index (χ1v) is 6.21. The highest BCUT2D eigenvalue weighted by atomic mass is 16.1. The predicted molar refractivity (Wildman–Crippen MR) is 65.6 cm³/mol. The number of nitrogens with zero attached hydrogens (tertiary/aromatic N) is 2. The van der Waals surface area contributed by atoms with Gasteiger partial charge < -0.3 is 10.6 Å². The van der Waals surface area contributed by atoms with E-state index in [0.717, 1.165) is 37.9 Å². The second-order valence-corrected chi connectivity index (χ2v) is 4.63. The van der Waals surface area contributed by atoms with E-state index < -0.39 is 0 Å². The molecule has 0 saturated carbocycles. The second-order valence-electron chi connectivity index (χ2n) is 4.63. The number of rotatable bonds is 4. The van der Waals surface area contributed by atoms with Gasteiger partial charge in [-0.1, -0.05) is 0 Å². The molecule has 1 saturated heterocycles. The maximum absolute atomic E-state index is 11.7. The van der Waals surface area contributed by atoms with Crippen LogP contribution in [0.4, 0.5) is 0 Å². The van der Waals surface area contributed by atoms with Crippen molar-refractivity contribution in [2.75, 3.05) is 13.1 Å². The summed E-state index contributed by atoms with van der Waals surface area (Å²) in [5.74, 6) is 0.141. The fraction of sp³-hybridized carbons (Fsp3) is 0.667. The van der Waals surface area contributed by atoms with Gasteiger partial charge in [0.15, 0.2) is 0 Å². The first-order chi connectivity index (χ1) is 8.24. The third kappa shape index (κ3) is 3.85. The topological polar surface area (TPSA) is 59.0 Å². The Morgan fingerprint density at radius 3 is 3.24 bits per heavy atom. The molecule has 1 fully saturated rings. The van der Waals surface area contributed by atoms with Crippen LogP contribution in [0.25, 0.3) is 0 Å². The minimum Gasteiger partial charge on any atom is -0.352 e. The fourth-order valence-electron chi connectivity index (χ4n) is 2.13. The van der Waals surface area contributed by atoms with Gasteiger partial charge in [-0.05, 0) is 31.4 Å². The Hall–Kier alpha value is -1.36. The van der Waals surface area contributed by atoms with Crippen LogP contribution < -0.4 is 10.6 Å². The quantitative estimate of drug-likeness (QED) is 0.786. The van der Waals surface area contributed by atoms with Crippen molar-refractivity contribution in [1.82, 2.24) is 20.4 Å². The van der Waals surface area contributed by atoms with Crippen LogP contribution in [-0.2, 0) is 18.3 Å². The molecule has 1 amide bonds. The lowest BCUT2D eigenvalue weighted by atomic mass is 10.1. The summed E-state index contributed by atoms with van der Waals surface area (Å²) in [5.41, 5.74) is 1.12. The van der Waals surface area contributed by atoms with E-state index >= 15 is 0 Å². The minimum absolute atomic E-state index is 0.141. The molecule has 0 spiro atoms. The number of hydrogen-bond acceptors (Lipinski definition) is 3. The molecule has 1 aliphatic heterocycles. The van der Waals surface area contributed by atoms with Gasteiger partial charge in [0, 0.05) is 32.3 Å². The zero-order valence-electron chi connectivity index (χ0n) is 10.3. The number of aryl methyl sites for hydroxylation is 2. The van der Waals surface area contributed by atoms with Crippen molar-refractivity contribution >= 4 is 5.91 Å². The van der Waals surface area contributed by atoms with Crippen LogP contribution in [0.15, 0.2) is 12.4 Å². The van der Waals surface area contributed by atoms with Gasteiger partial charge in [0.05, 0.1) is 6.20 Å². The molecule has 5 nitrogen and oxygen atoms in total. The Bertz CT molecular complexity index is 368. The minimum atomic E-state index is 0.141. The largest absolute Gasteiger partial charge is 0.352 e. The number of piperidine rings is 1. The molecule has 0 aliphatic carbocycles. The van der Waals surface area contributed by atoms with Gasteiger partial charge in [-0.15, -0.1) is 0 Å². The van der Waals surface area contributed by atoms with E-state index in [9.17, 15) is 4.79 Å². The normalized spacial score (nSPS) is 20.2. The maximum Gasteiger partial charge on any atom is 0.220 e. The first kappa shape index (κ1) is 12.1. The van der Waals surface area contributed by atoms with Gasteiger partial charge in [-0.25, -0.2) is 0 Å². The summed E-state index contributed by atoms with van der Waals surface area (Å²) in [5, 5.41) is 10.4. The van der Waals surface area contributed by atoms with Crippen LogP contribution in [-0.4, -0.2) is 34.8 Å². The molecule has 1 aromatic heterocycles. The van der Waals surface area contributed by atoms with Crippen molar-refractivity contribution in [3.8, 4) is 0 Å². The van der Waals surface area contributed by atoms with Crippen LogP contribution in [0.1, 0.15) is 24.8 Å². The highest BCUT2D eigenvalue weighted by molar-refractivity contribution is 5.76. The van der Waals surface area contributed by atoms with E-state index in [4.69, 9.17) is 0 Å². The maximum atomic E-state index is 11.7. The van der Waals surface area contributed by atoms with Crippen LogP contribution in [0, 0.1) is 0 Å². The van der Waals surface area contributed by atoms with Crippen molar-refractivity contribution in [3.63, 3.8) is 0 Å². The zero-order valence-corrected chi connectivity index (χ0v) is 10.3. The number of hydrogen-bond donors (Lipinski definition) is 2. The van der Waals surface area contributed by atoms with E-state index in [-0.39, 0.29) is 5.91 Å². The van der Waals surface area contributed by atoms with Gasteiger partial charge in [0.2, 0.25) is 5.91 Å². The Morgan fingerprint density at radius 1 is 1.71 bits per heavy atom. The molecule has 1 atom stereocenters. The van der Waals surface area contributed by atoms with E-state index in [0.29, 0.717) is 12.5 Å². The average Bonchev–Trinajstić information content (AvgIpc) is 2.74. The van der Waals surface area contributed by atoms with Crippen molar-refractivity contribution in [2.45, 2.75) is 31.7 Å². The van der Waals surface area contributed by atoms with Crippen LogP contribution in [0.2, 0.25) is 0 Å². The van der Waals surface area contributed by atoms with E-state index in [2.05, 4.69) is 15.7 Å². The van der Waals surface area contributed by atoms with Crippen LogP contribution in [0.3, 0.4) is 0 Å². The Morgan fingerprint density at radius 2 is 2.59 bits per heavy atom. The molecule has 2 N–H and O–H groups in total. The lowest BCUT2D eigenvalue weighted by Gasteiger charge is -2.23. The molecule has 94 valence electrons. The predicted octanol–water partition coefficient (Wildman–Crippen LogP) is 0.221. The van der Waals surface area contributed by atoms with E-state index in [1.807, 2.05) is 19.4 Å². The van der Waals surface area contributed by atoms with Crippen molar-refractivity contribution in [2.24, 2.45) is 7.05 Å². The van der Waals surface area contributed by atoms with E-state index in [1.165, 1.54) is 0 Å². The van der Waals surface area contributed by atoms with Gasteiger partial charge in [-0.3, -0.25) is 9.48 Å². The third-order valence-corrected chi connectivity index (χ3v) is 3.06. The fourth-order valence-corrected chi connectivity index (χ4v) is 2.13. The summed E-state index contributed by atoms with van der Waals surface area (Å²) in [7, 11) is 1.89. The molecule has 0 unspecified atom stereocenters. The number of amides is 1. The molecule has 2 rings (SSSR count). The van der Waals surface area contributed by atoms with Crippen molar-refractivity contribution < 1.29 is 4.79 Å². The summed E-state index contributed by atoms with van der Waals surface area (Å²) in [4.78, 5) is 11.7. The second kappa shape index (κ2) is 5.82. The van der Waals surface area contributed by atoms with E-state index in [1.54, 1.807) is 4.68 Å². The summed E-state index contributed by atoms with van der Waals surface area (Å²) in [6.07, 6.45) is 7.31. The zero-order chi connectivity index (χ0) is 12.1. The molecule has 1 aromatic rings. The Balaban J connectivity index is 1.70. The Labute approximate surface area is 102 Å². The van der Waals surface area contributed by atoms with Crippen LogP contribution >= 0.6 is 0 Å². The van der Waals surface area contributed by atoms with Crippen molar-refractivity contribution in [1.29, 1.82) is 0 Å². The molecule has 0 bridgehead atoms. The van der Waals surface area contributed by atoms with Gasteiger partial charge in [-0.2, -0.15) is 5.10 Å². The van der Waals surface area contributed by atoms with Gasteiger partial charge >= 0.3 is 0 Å². The lowest BCUT2D eigenvalue weighted by molar-refractivity contribution is -0.121. The molecular formula is C12H20N4O. The number of carbonyl (C=O) groups excluding carboxylic acids is 1. The molecule has 0 radical (unpaired) electrons. The monoisotopic (exact) mass is 236 g/mol. The third-order valence-electron chi connectivity index (χ3n) is 3.06. The average molecular weight is 236 g/mol. The summed E-state index contributed by atoms with van der Waals surface area (Å²) >= 11 is 0.